The molecule has 11 nitrogen and oxygen atoms in total. The van der Waals surface area contributed by atoms with Crippen LogP contribution in [0.15, 0.2) is 0 Å². The SMILES string of the molecule is NC(=O)CC(NC(=O)C(N)CCC(=O)O)C(=O)N1CCCC1C(=O)O. The number of hydrogen-bond donors (Lipinski definition) is 5. The van der Waals surface area contributed by atoms with E-state index in [4.69, 9.17) is 21.7 Å². The molecule has 1 aliphatic heterocycles. The van der Waals surface area contributed by atoms with E-state index in [2.05, 4.69) is 5.32 Å². The van der Waals surface area contributed by atoms with Crippen LogP contribution in [0.1, 0.15) is 32.1 Å². The van der Waals surface area contributed by atoms with Crippen LogP contribution in [0.3, 0.4) is 0 Å². The fourth-order valence-corrected chi connectivity index (χ4v) is 2.58. The minimum absolute atomic E-state index is 0.153. The van der Waals surface area contributed by atoms with Gasteiger partial charge in [-0.1, -0.05) is 0 Å². The summed E-state index contributed by atoms with van der Waals surface area (Å²) in [6, 6.07) is -3.56. The normalized spacial score (nSPS) is 19.1. The molecule has 1 rings (SSSR count). The molecule has 0 aliphatic carbocycles. The van der Waals surface area contributed by atoms with Crippen molar-refractivity contribution in [2.24, 2.45) is 11.5 Å². The second-order valence-electron chi connectivity index (χ2n) is 5.80. The van der Waals surface area contributed by atoms with Gasteiger partial charge in [0.05, 0.1) is 12.5 Å². The number of carboxylic acids is 2. The number of nitrogens with zero attached hydrogens (tertiary/aromatic N) is 1. The van der Waals surface area contributed by atoms with Crippen molar-refractivity contribution in [2.75, 3.05) is 6.54 Å². The lowest BCUT2D eigenvalue weighted by molar-refractivity contribution is -0.149. The van der Waals surface area contributed by atoms with Crippen LogP contribution in [-0.2, 0) is 24.0 Å². The third-order valence-electron chi connectivity index (χ3n) is 3.85. The van der Waals surface area contributed by atoms with Crippen molar-refractivity contribution >= 4 is 29.7 Å². The smallest absolute Gasteiger partial charge is 0.326 e. The van der Waals surface area contributed by atoms with Crippen LogP contribution in [-0.4, -0.2) is 69.4 Å². The van der Waals surface area contributed by atoms with Crippen LogP contribution in [0.25, 0.3) is 0 Å². The van der Waals surface area contributed by atoms with Crippen molar-refractivity contribution in [1.82, 2.24) is 10.2 Å². The highest BCUT2D eigenvalue weighted by atomic mass is 16.4. The average molecular weight is 358 g/mol. The molecule has 3 amide bonds. The third kappa shape index (κ3) is 6.03. The number of nitrogens with two attached hydrogens (primary N) is 2. The van der Waals surface area contributed by atoms with Gasteiger partial charge >= 0.3 is 11.9 Å². The van der Waals surface area contributed by atoms with Crippen molar-refractivity contribution in [2.45, 2.75) is 50.2 Å². The number of primary amides is 1. The third-order valence-corrected chi connectivity index (χ3v) is 3.85. The van der Waals surface area contributed by atoms with E-state index in [1.807, 2.05) is 0 Å². The van der Waals surface area contributed by atoms with Gasteiger partial charge in [-0.25, -0.2) is 4.79 Å². The van der Waals surface area contributed by atoms with Gasteiger partial charge in [0.25, 0.3) is 0 Å². The molecule has 1 fully saturated rings. The molecule has 0 radical (unpaired) electrons. The molecule has 3 unspecified atom stereocenters. The van der Waals surface area contributed by atoms with Crippen LogP contribution in [0, 0.1) is 0 Å². The molecule has 140 valence electrons. The van der Waals surface area contributed by atoms with Gasteiger partial charge in [0.15, 0.2) is 0 Å². The largest absolute Gasteiger partial charge is 0.481 e. The monoisotopic (exact) mass is 358 g/mol. The fraction of sp³-hybridized carbons (Fsp3) is 0.643. The molecular formula is C14H22N4O7. The van der Waals surface area contributed by atoms with Crippen molar-refractivity contribution in [3.05, 3.63) is 0 Å². The summed E-state index contributed by atoms with van der Waals surface area (Å²) in [4.78, 5) is 58.5. The van der Waals surface area contributed by atoms with E-state index in [1.165, 1.54) is 0 Å². The molecule has 0 aromatic heterocycles. The number of rotatable bonds is 9. The van der Waals surface area contributed by atoms with E-state index in [9.17, 15) is 24.0 Å². The van der Waals surface area contributed by atoms with E-state index >= 15 is 0 Å². The van der Waals surface area contributed by atoms with Crippen LogP contribution in [0.5, 0.6) is 0 Å². The van der Waals surface area contributed by atoms with Crippen LogP contribution >= 0.6 is 0 Å². The fourth-order valence-electron chi connectivity index (χ4n) is 2.58. The molecule has 0 spiro atoms. The van der Waals surface area contributed by atoms with E-state index < -0.39 is 54.2 Å². The van der Waals surface area contributed by atoms with Gasteiger partial charge in [0.2, 0.25) is 17.7 Å². The Hall–Kier alpha value is -2.69. The van der Waals surface area contributed by atoms with E-state index in [1.54, 1.807) is 0 Å². The minimum atomic E-state index is -1.35. The summed E-state index contributed by atoms with van der Waals surface area (Å²) < 4.78 is 0. The molecule has 0 aromatic rings. The Balaban J connectivity index is 2.80. The molecular weight excluding hydrogens is 336 g/mol. The second-order valence-corrected chi connectivity index (χ2v) is 5.80. The zero-order chi connectivity index (χ0) is 19.1. The van der Waals surface area contributed by atoms with Crippen LogP contribution < -0.4 is 16.8 Å². The molecule has 0 saturated carbocycles. The Labute approximate surface area is 143 Å². The maximum absolute atomic E-state index is 12.5. The van der Waals surface area contributed by atoms with Crippen molar-refractivity contribution in [3.8, 4) is 0 Å². The maximum Gasteiger partial charge on any atom is 0.326 e. The van der Waals surface area contributed by atoms with E-state index in [-0.39, 0.29) is 25.8 Å². The summed E-state index contributed by atoms with van der Waals surface area (Å²) in [5.41, 5.74) is 10.7. The van der Waals surface area contributed by atoms with Gasteiger partial charge in [-0.15, -0.1) is 0 Å². The Bertz CT molecular complexity index is 565. The number of likely N-dealkylation sites (tertiary alicyclic amines) is 1. The lowest BCUT2D eigenvalue weighted by Crippen LogP contribution is -2.55. The lowest BCUT2D eigenvalue weighted by atomic mass is 10.1. The minimum Gasteiger partial charge on any atom is -0.481 e. The summed E-state index contributed by atoms with van der Waals surface area (Å²) in [5.74, 6) is -4.71. The number of nitrogens with one attached hydrogen (secondary N) is 1. The highest BCUT2D eigenvalue weighted by Gasteiger charge is 2.38. The number of carbonyl (C=O) groups is 5. The first-order valence-electron chi connectivity index (χ1n) is 7.72. The number of amides is 3. The summed E-state index contributed by atoms with van der Waals surface area (Å²) >= 11 is 0. The maximum atomic E-state index is 12.5. The molecule has 1 aliphatic rings. The van der Waals surface area contributed by atoms with Gasteiger partial charge in [-0.2, -0.15) is 0 Å². The highest BCUT2D eigenvalue weighted by Crippen LogP contribution is 2.19. The van der Waals surface area contributed by atoms with Gasteiger partial charge in [0.1, 0.15) is 12.1 Å². The molecule has 7 N–H and O–H groups in total. The van der Waals surface area contributed by atoms with Crippen LogP contribution in [0.4, 0.5) is 0 Å². The quantitative estimate of drug-likeness (QED) is 0.301. The van der Waals surface area contributed by atoms with Crippen molar-refractivity contribution in [3.63, 3.8) is 0 Å². The number of hydrogen-bond acceptors (Lipinski definition) is 6. The van der Waals surface area contributed by atoms with E-state index in [0.717, 1.165) is 4.90 Å². The Morgan fingerprint density at radius 2 is 1.84 bits per heavy atom. The first-order chi connectivity index (χ1) is 11.6. The molecule has 1 heterocycles. The Morgan fingerprint density at radius 1 is 1.20 bits per heavy atom. The Kier molecular flexibility index (Phi) is 7.30. The average Bonchev–Trinajstić information content (AvgIpc) is 3.00. The second kappa shape index (κ2) is 8.97. The molecule has 3 atom stereocenters. The highest BCUT2D eigenvalue weighted by molar-refractivity contribution is 5.95. The number of carboxylic acid groups (broad SMARTS) is 2. The number of aliphatic carboxylic acids is 2. The Morgan fingerprint density at radius 3 is 2.36 bits per heavy atom. The van der Waals surface area contributed by atoms with Gasteiger partial charge in [-0.3, -0.25) is 19.2 Å². The lowest BCUT2D eigenvalue weighted by Gasteiger charge is -2.27. The van der Waals surface area contributed by atoms with Gasteiger partial charge in [0, 0.05) is 13.0 Å². The van der Waals surface area contributed by atoms with Crippen molar-refractivity contribution in [1.29, 1.82) is 0 Å². The molecule has 11 heteroatoms. The standard InChI is InChI=1S/C14H22N4O7/c15-7(3-4-11(20)21)12(22)17-8(6-10(16)19)13(23)18-5-1-2-9(18)14(24)25/h7-9H,1-6,15H2,(H2,16,19)(H,17,22)(H,20,21)(H,24,25). The van der Waals surface area contributed by atoms with Gasteiger partial charge < -0.3 is 31.9 Å². The zero-order valence-corrected chi connectivity index (χ0v) is 13.5. The summed E-state index contributed by atoms with van der Waals surface area (Å²) in [6.45, 7) is 0.187. The molecule has 0 aromatic carbocycles. The first-order valence-corrected chi connectivity index (χ1v) is 7.72. The molecule has 1 saturated heterocycles. The van der Waals surface area contributed by atoms with Crippen molar-refractivity contribution < 1.29 is 34.2 Å². The zero-order valence-electron chi connectivity index (χ0n) is 13.5. The van der Waals surface area contributed by atoms with Crippen LogP contribution in [0.2, 0.25) is 0 Å². The molecule has 25 heavy (non-hydrogen) atoms. The summed E-state index contributed by atoms with van der Waals surface area (Å²) in [6.07, 6.45) is -0.246. The van der Waals surface area contributed by atoms with E-state index in [0.29, 0.717) is 6.42 Å². The predicted molar refractivity (Wildman–Crippen MR) is 83.0 cm³/mol. The molecule has 0 bridgehead atoms. The predicted octanol–water partition coefficient (Wildman–Crippen LogP) is -2.39. The topological polar surface area (TPSA) is 193 Å². The summed E-state index contributed by atoms with van der Waals surface area (Å²) in [7, 11) is 0. The summed E-state index contributed by atoms with van der Waals surface area (Å²) in [5, 5.41) is 20.0. The number of carbonyl (C=O) groups excluding carboxylic acids is 3. The first kappa shape index (κ1) is 20.4. The van der Waals surface area contributed by atoms with Gasteiger partial charge in [-0.05, 0) is 19.3 Å².